The van der Waals surface area contributed by atoms with Crippen LogP contribution in [0.25, 0.3) is 5.69 Å². The highest BCUT2D eigenvalue weighted by atomic mass is 32.2. The summed E-state index contributed by atoms with van der Waals surface area (Å²) in [7, 11) is 1.60. The molecular weight excluding hydrogens is 380 g/mol. The molecule has 1 atom stereocenters. The lowest BCUT2D eigenvalue weighted by Crippen LogP contribution is -2.47. The van der Waals surface area contributed by atoms with Crippen LogP contribution < -0.4 is 15.4 Å². The van der Waals surface area contributed by atoms with Crippen molar-refractivity contribution in [2.45, 2.75) is 55.5 Å². The van der Waals surface area contributed by atoms with E-state index in [0.717, 1.165) is 37.1 Å². The lowest BCUT2D eigenvalue weighted by Gasteiger charge is -2.23. The number of tetrazole rings is 1. The van der Waals surface area contributed by atoms with E-state index >= 15 is 0 Å². The highest BCUT2D eigenvalue weighted by molar-refractivity contribution is 8.00. The smallest absolute Gasteiger partial charge is 0.321 e. The number of carbonyl (C=O) groups excluding carboxylic acids is 2. The Hall–Kier alpha value is -2.62. The van der Waals surface area contributed by atoms with Gasteiger partial charge in [0.1, 0.15) is 5.75 Å². The summed E-state index contributed by atoms with van der Waals surface area (Å²) in [6.45, 7) is 1.71. The summed E-state index contributed by atoms with van der Waals surface area (Å²) in [5.74, 6) is 0.338. The Labute approximate surface area is 167 Å². The summed E-state index contributed by atoms with van der Waals surface area (Å²) in [5, 5.41) is 16.9. The van der Waals surface area contributed by atoms with E-state index in [2.05, 4.69) is 26.2 Å². The largest absolute Gasteiger partial charge is 0.497 e. The second kappa shape index (κ2) is 9.54. The van der Waals surface area contributed by atoms with Crippen LogP contribution in [0, 0.1) is 0 Å². The van der Waals surface area contributed by atoms with Crippen molar-refractivity contribution in [1.82, 2.24) is 30.8 Å². The van der Waals surface area contributed by atoms with Gasteiger partial charge in [0.2, 0.25) is 11.1 Å². The number of nitrogens with one attached hydrogen (secondary N) is 2. The van der Waals surface area contributed by atoms with Crippen LogP contribution in [0.2, 0.25) is 0 Å². The monoisotopic (exact) mass is 404 g/mol. The molecule has 0 unspecified atom stereocenters. The van der Waals surface area contributed by atoms with Gasteiger partial charge in [0.15, 0.2) is 0 Å². The number of thioether (sulfide) groups is 1. The van der Waals surface area contributed by atoms with Crippen LogP contribution in [0.15, 0.2) is 29.4 Å². The first-order chi connectivity index (χ1) is 13.6. The first-order valence-corrected chi connectivity index (χ1v) is 10.2. The summed E-state index contributed by atoms with van der Waals surface area (Å²) in [6, 6.07) is 6.95. The summed E-state index contributed by atoms with van der Waals surface area (Å²) in [6.07, 6.45) is 5.35. The summed E-state index contributed by atoms with van der Waals surface area (Å²) >= 11 is 1.18. The number of amides is 3. The van der Waals surface area contributed by atoms with E-state index in [9.17, 15) is 9.59 Å². The number of imide groups is 1. The molecule has 10 heteroatoms. The number of carbonyl (C=O) groups is 2. The SMILES string of the molecule is COc1ccc(-n2nnnc2S[C@@H](C)C(=O)NC(=O)NC2CCCCC2)cc1. The minimum absolute atomic E-state index is 0.145. The molecule has 0 saturated heterocycles. The van der Waals surface area contributed by atoms with Crippen molar-refractivity contribution < 1.29 is 14.3 Å². The van der Waals surface area contributed by atoms with Gasteiger partial charge < -0.3 is 10.1 Å². The maximum atomic E-state index is 12.4. The van der Waals surface area contributed by atoms with E-state index < -0.39 is 11.3 Å². The van der Waals surface area contributed by atoms with Crippen LogP contribution in [-0.4, -0.2) is 50.5 Å². The molecule has 1 fully saturated rings. The average molecular weight is 404 g/mol. The molecule has 1 aliphatic carbocycles. The maximum absolute atomic E-state index is 12.4. The average Bonchev–Trinajstić information content (AvgIpc) is 3.16. The molecule has 0 aliphatic heterocycles. The molecule has 1 aromatic heterocycles. The van der Waals surface area contributed by atoms with Crippen LogP contribution in [-0.2, 0) is 4.79 Å². The molecule has 1 aliphatic rings. The van der Waals surface area contributed by atoms with Gasteiger partial charge in [0.25, 0.3) is 0 Å². The number of methoxy groups -OCH3 is 1. The molecule has 1 saturated carbocycles. The fraction of sp³-hybridized carbons (Fsp3) is 0.500. The highest BCUT2D eigenvalue weighted by Gasteiger charge is 2.22. The Balaban J connectivity index is 1.56. The Bertz CT molecular complexity index is 804. The van der Waals surface area contributed by atoms with Crippen LogP contribution in [0.1, 0.15) is 39.0 Å². The molecule has 0 radical (unpaired) electrons. The standard InChI is InChI=1S/C18H24N6O3S/c1-12(16(25)20-17(26)19-13-6-4-3-5-7-13)28-18-21-22-23-24(18)14-8-10-15(27-2)11-9-14/h8-13H,3-7H2,1-2H3,(H2,19,20,25,26)/t12-/m0/s1. The van der Waals surface area contributed by atoms with Gasteiger partial charge in [-0.2, -0.15) is 4.68 Å². The van der Waals surface area contributed by atoms with Gasteiger partial charge in [-0.3, -0.25) is 10.1 Å². The van der Waals surface area contributed by atoms with E-state index in [-0.39, 0.29) is 11.9 Å². The molecule has 150 valence electrons. The fourth-order valence-corrected chi connectivity index (χ4v) is 3.84. The number of benzene rings is 1. The predicted octanol–water partition coefficient (Wildman–Crippen LogP) is 2.31. The maximum Gasteiger partial charge on any atom is 0.321 e. The molecule has 9 nitrogen and oxygen atoms in total. The van der Waals surface area contributed by atoms with Crippen molar-refractivity contribution in [3.63, 3.8) is 0 Å². The minimum atomic E-state index is -0.542. The second-order valence-electron chi connectivity index (χ2n) is 6.63. The molecule has 1 aromatic carbocycles. The number of ether oxygens (including phenoxy) is 1. The molecule has 3 amide bonds. The second-order valence-corrected chi connectivity index (χ2v) is 7.94. The van der Waals surface area contributed by atoms with E-state index in [4.69, 9.17) is 4.74 Å². The Kier molecular flexibility index (Phi) is 6.85. The van der Waals surface area contributed by atoms with Crippen molar-refractivity contribution in [3.8, 4) is 11.4 Å². The predicted molar refractivity (Wildman–Crippen MR) is 105 cm³/mol. The Morgan fingerprint density at radius 2 is 1.93 bits per heavy atom. The lowest BCUT2D eigenvalue weighted by molar-refractivity contribution is -0.119. The van der Waals surface area contributed by atoms with E-state index in [0.29, 0.717) is 5.16 Å². The summed E-state index contributed by atoms with van der Waals surface area (Å²) in [4.78, 5) is 24.4. The van der Waals surface area contributed by atoms with Crippen molar-refractivity contribution in [1.29, 1.82) is 0 Å². The quantitative estimate of drug-likeness (QED) is 0.711. The number of hydrogen-bond acceptors (Lipinski definition) is 7. The van der Waals surface area contributed by atoms with Crippen LogP contribution >= 0.6 is 11.8 Å². The molecule has 3 rings (SSSR count). The van der Waals surface area contributed by atoms with Gasteiger partial charge in [-0.25, -0.2) is 4.79 Å². The van der Waals surface area contributed by atoms with Gasteiger partial charge in [0.05, 0.1) is 18.0 Å². The number of aromatic nitrogens is 4. The number of urea groups is 1. The van der Waals surface area contributed by atoms with Gasteiger partial charge in [-0.1, -0.05) is 31.0 Å². The van der Waals surface area contributed by atoms with E-state index in [1.165, 1.54) is 22.9 Å². The highest BCUT2D eigenvalue weighted by Crippen LogP contribution is 2.24. The first-order valence-electron chi connectivity index (χ1n) is 9.27. The molecular formula is C18H24N6O3S. The zero-order valence-corrected chi connectivity index (χ0v) is 16.7. The third-order valence-electron chi connectivity index (χ3n) is 4.59. The van der Waals surface area contributed by atoms with Crippen LogP contribution in [0.3, 0.4) is 0 Å². The number of rotatable bonds is 6. The number of hydrogen-bond donors (Lipinski definition) is 2. The van der Waals surface area contributed by atoms with Crippen LogP contribution in [0.4, 0.5) is 4.79 Å². The molecule has 2 N–H and O–H groups in total. The summed E-state index contributed by atoms with van der Waals surface area (Å²) < 4.78 is 6.68. The van der Waals surface area contributed by atoms with Crippen molar-refractivity contribution in [2.75, 3.05) is 7.11 Å². The molecule has 0 spiro atoms. The first kappa shape index (κ1) is 20.1. The van der Waals surface area contributed by atoms with Gasteiger partial charge in [0, 0.05) is 6.04 Å². The van der Waals surface area contributed by atoms with Crippen molar-refractivity contribution >= 4 is 23.7 Å². The topological polar surface area (TPSA) is 111 Å². The molecule has 1 heterocycles. The normalized spacial score (nSPS) is 15.6. The van der Waals surface area contributed by atoms with E-state index in [1.807, 2.05) is 12.1 Å². The van der Waals surface area contributed by atoms with Crippen molar-refractivity contribution in [2.24, 2.45) is 0 Å². The number of nitrogens with zero attached hydrogens (tertiary/aromatic N) is 4. The molecule has 28 heavy (non-hydrogen) atoms. The van der Waals surface area contributed by atoms with Gasteiger partial charge in [-0.15, -0.1) is 5.10 Å². The Morgan fingerprint density at radius 1 is 1.21 bits per heavy atom. The lowest BCUT2D eigenvalue weighted by atomic mass is 9.96. The third kappa shape index (κ3) is 5.22. The summed E-state index contributed by atoms with van der Waals surface area (Å²) in [5.41, 5.74) is 0.746. The zero-order chi connectivity index (χ0) is 19.9. The molecule has 2 aromatic rings. The third-order valence-corrected chi connectivity index (χ3v) is 5.62. The van der Waals surface area contributed by atoms with Gasteiger partial charge in [-0.05, 0) is 54.5 Å². The fourth-order valence-electron chi connectivity index (χ4n) is 3.03. The Morgan fingerprint density at radius 3 is 2.61 bits per heavy atom. The van der Waals surface area contributed by atoms with Crippen molar-refractivity contribution in [3.05, 3.63) is 24.3 Å². The molecule has 0 bridgehead atoms. The van der Waals surface area contributed by atoms with E-state index in [1.54, 1.807) is 26.2 Å². The zero-order valence-electron chi connectivity index (χ0n) is 15.9. The van der Waals surface area contributed by atoms with Crippen LogP contribution in [0.5, 0.6) is 5.75 Å². The van der Waals surface area contributed by atoms with Gasteiger partial charge >= 0.3 is 6.03 Å². The minimum Gasteiger partial charge on any atom is -0.497 e.